The van der Waals surface area contributed by atoms with Gasteiger partial charge in [0.25, 0.3) is 0 Å². The molecule has 1 aliphatic heterocycles. The van der Waals surface area contributed by atoms with E-state index in [0.717, 1.165) is 52.4 Å². The molecular weight excluding hydrogens is 190 g/mol. The van der Waals surface area contributed by atoms with E-state index in [4.69, 9.17) is 5.73 Å². The molecule has 0 aromatic carbocycles. The average Bonchev–Trinajstić information content (AvgIpc) is 2.20. The summed E-state index contributed by atoms with van der Waals surface area (Å²) >= 11 is 0. The molecule has 0 atom stereocenters. The predicted molar refractivity (Wildman–Crippen MR) is 64.1 cm³/mol. The van der Waals surface area contributed by atoms with Crippen molar-refractivity contribution in [3.8, 4) is 0 Å². The maximum absolute atomic E-state index is 6.13. The fraction of sp³-hybridized carbons (Fsp3) is 1.00. The molecule has 1 saturated heterocycles. The molecule has 1 heterocycles. The van der Waals surface area contributed by atoms with Gasteiger partial charge >= 0.3 is 0 Å². The third-order valence-corrected chi connectivity index (χ3v) is 2.49. The molecule has 90 valence electrons. The van der Waals surface area contributed by atoms with Crippen LogP contribution in [0.5, 0.6) is 0 Å². The van der Waals surface area contributed by atoms with E-state index in [9.17, 15) is 0 Å². The van der Waals surface area contributed by atoms with Crippen LogP contribution < -0.4 is 27.0 Å². The van der Waals surface area contributed by atoms with Crippen LogP contribution in [0, 0.1) is 0 Å². The SMILES string of the molecule is CC1(N)CNCCNCCNCCNC1. The third-order valence-electron chi connectivity index (χ3n) is 2.49. The molecule has 5 nitrogen and oxygen atoms in total. The van der Waals surface area contributed by atoms with Gasteiger partial charge in [-0.2, -0.15) is 0 Å². The van der Waals surface area contributed by atoms with Gasteiger partial charge in [0.1, 0.15) is 0 Å². The summed E-state index contributed by atoms with van der Waals surface area (Å²) in [4.78, 5) is 0. The molecule has 1 rings (SSSR count). The van der Waals surface area contributed by atoms with Crippen molar-refractivity contribution < 1.29 is 0 Å². The Balaban J connectivity index is 2.24. The second-order valence-corrected chi connectivity index (χ2v) is 4.51. The lowest BCUT2D eigenvalue weighted by Crippen LogP contribution is -2.54. The molecule has 0 spiro atoms. The highest BCUT2D eigenvalue weighted by Gasteiger charge is 2.16. The fourth-order valence-electron chi connectivity index (χ4n) is 1.59. The summed E-state index contributed by atoms with van der Waals surface area (Å²) in [6.45, 7) is 9.82. The lowest BCUT2D eigenvalue weighted by molar-refractivity contribution is 0.403. The first-order valence-electron chi connectivity index (χ1n) is 5.82. The first kappa shape index (κ1) is 12.9. The van der Waals surface area contributed by atoms with E-state index < -0.39 is 0 Å². The number of hydrogen-bond donors (Lipinski definition) is 5. The van der Waals surface area contributed by atoms with Gasteiger partial charge in [-0.15, -0.1) is 0 Å². The van der Waals surface area contributed by atoms with E-state index in [2.05, 4.69) is 28.2 Å². The molecule has 0 aromatic rings. The average molecular weight is 215 g/mol. The zero-order valence-corrected chi connectivity index (χ0v) is 9.73. The Hall–Kier alpha value is -0.200. The Morgan fingerprint density at radius 2 is 1.07 bits per heavy atom. The van der Waals surface area contributed by atoms with E-state index in [0.29, 0.717) is 0 Å². The zero-order valence-electron chi connectivity index (χ0n) is 9.73. The Morgan fingerprint density at radius 1 is 0.733 bits per heavy atom. The molecule has 1 fully saturated rings. The minimum atomic E-state index is -0.159. The topological polar surface area (TPSA) is 74.1 Å². The molecular formula is C10H25N5. The van der Waals surface area contributed by atoms with Gasteiger partial charge in [-0.3, -0.25) is 0 Å². The smallest absolute Gasteiger partial charge is 0.0378 e. The fourth-order valence-corrected chi connectivity index (χ4v) is 1.59. The van der Waals surface area contributed by atoms with Crippen LogP contribution in [-0.2, 0) is 0 Å². The largest absolute Gasteiger partial charge is 0.323 e. The van der Waals surface area contributed by atoms with E-state index in [1.165, 1.54) is 0 Å². The monoisotopic (exact) mass is 215 g/mol. The van der Waals surface area contributed by atoms with Gasteiger partial charge in [0, 0.05) is 57.9 Å². The van der Waals surface area contributed by atoms with Gasteiger partial charge in [0.15, 0.2) is 0 Å². The van der Waals surface area contributed by atoms with Gasteiger partial charge in [-0.1, -0.05) is 0 Å². The molecule has 0 aromatic heterocycles. The van der Waals surface area contributed by atoms with E-state index >= 15 is 0 Å². The van der Waals surface area contributed by atoms with Crippen molar-refractivity contribution >= 4 is 0 Å². The van der Waals surface area contributed by atoms with Crippen molar-refractivity contribution in [2.75, 3.05) is 52.4 Å². The predicted octanol–water partition coefficient (Wildman–Crippen LogP) is -1.92. The van der Waals surface area contributed by atoms with Crippen LogP contribution >= 0.6 is 0 Å². The minimum Gasteiger partial charge on any atom is -0.323 e. The number of hydrogen-bond acceptors (Lipinski definition) is 5. The molecule has 0 bridgehead atoms. The van der Waals surface area contributed by atoms with Gasteiger partial charge in [0.05, 0.1) is 0 Å². The van der Waals surface area contributed by atoms with Crippen molar-refractivity contribution in [2.45, 2.75) is 12.5 Å². The summed E-state index contributed by atoms with van der Waals surface area (Å²) in [7, 11) is 0. The minimum absolute atomic E-state index is 0.159. The van der Waals surface area contributed by atoms with Crippen molar-refractivity contribution in [3.63, 3.8) is 0 Å². The third kappa shape index (κ3) is 6.81. The summed E-state index contributed by atoms with van der Waals surface area (Å²) in [5.74, 6) is 0. The Labute approximate surface area is 92.6 Å². The summed E-state index contributed by atoms with van der Waals surface area (Å²) in [6.07, 6.45) is 0. The van der Waals surface area contributed by atoms with Crippen molar-refractivity contribution in [2.24, 2.45) is 5.73 Å². The van der Waals surface area contributed by atoms with Gasteiger partial charge in [-0.25, -0.2) is 0 Å². The van der Waals surface area contributed by atoms with Crippen LogP contribution in [-0.4, -0.2) is 57.9 Å². The second kappa shape index (κ2) is 7.14. The molecule has 15 heavy (non-hydrogen) atoms. The van der Waals surface area contributed by atoms with Crippen LogP contribution in [0.2, 0.25) is 0 Å². The number of nitrogens with one attached hydrogen (secondary N) is 4. The second-order valence-electron chi connectivity index (χ2n) is 4.51. The van der Waals surface area contributed by atoms with E-state index in [1.807, 2.05) is 0 Å². The molecule has 0 aliphatic carbocycles. The first-order chi connectivity index (χ1) is 7.21. The summed E-state index contributed by atoms with van der Waals surface area (Å²) in [6, 6.07) is 0. The standard InChI is InChI=1S/C10H25N5/c1-10(11)8-14-6-4-12-2-3-13-5-7-15-9-10/h12-15H,2-9,11H2,1H3. The maximum atomic E-state index is 6.13. The normalized spacial score (nSPS) is 26.0. The summed E-state index contributed by atoms with van der Waals surface area (Å²) in [5.41, 5.74) is 5.97. The van der Waals surface area contributed by atoms with Crippen LogP contribution in [0.3, 0.4) is 0 Å². The van der Waals surface area contributed by atoms with Gasteiger partial charge in [0.2, 0.25) is 0 Å². The van der Waals surface area contributed by atoms with Crippen LogP contribution in [0.4, 0.5) is 0 Å². The van der Waals surface area contributed by atoms with Crippen molar-refractivity contribution in [1.29, 1.82) is 0 Å². The highest BCUT2D eigenvalue weighted by molar-refractivity contribution is 4.84. The molecule has 1 aliphatic rings. The number of nitrogens with two attached hydrogens (primary N) is 1. The zero-order chi connectivity index (χ0) is 11.0. The Morgan fingerprint density at radius 3 is 1.47 bits per heavy atom. The maximum Gasteiger partial charge on any atom is 0.0378 e. The molecule has 0 amide bonds. The quantitative estimate of drug-likeness (QED) is 0.326. The highest BCUT2D eigenvalue weighted by Crippen LogP contribution is 1.93. The van der Waals surface area contributed by atoms with Crippen molar-refractivity contribution in [1.82, 2.24) is 21.3 Å². The molecule has 0 radical (unpaired) electrons. The lowest BCUT2D eigenvalue weighted by atomic mass is 10.0. The number of rotatable bonds is 0. The van der Waals surface area contributed by atoms with Gasteiger partial charge < -0.3 is 27.0 Å². The van der Waals surface area contributed by atoms with E-state index in [1.54, 1.807) is 0 Å². The Bertz CT molecular complexity index is 144. The molecule has 0 unspecified atom stereocenters. The van der Waals surface area contributed by atoms with Crippen LogP contribution in [0.25, 0.3) is 0 Å². The van der Waals surface area contributed by atoms with E-state index in [-0.39, 0.29) is 5.54 Å². The Kier molecular flexibility index (Phi) is 6.12. The highest BCUT2D eigenvalue weighted by atomic mass is 15.0. The molecule has 6 N–H and O–H groups in total. The van der Waals surface area contributed by atoms with Gasteiger partial charge in [-0.05, 0) is 6.92 Å². The van der Waals surface area contributed by atoms with Crippen molar-refractivity contribution in [3.05, 3.63) is 0 Å². The molecule has 5 heteroatoms. The summed E-state index contributed by atoms with van der Waals surface area (Å²) < 4.78 is 0. The first-order valence-corrected chi connectivity index (χ1v) is 5.82. The summed E-state index contributed by atoms with van der Waals surface area (Å²) in [5, 5.41) is 13.5. The van der Waals surface area contributed by atoms with Crippen LogP contribution in [0.1, 0.15) is 6.92 Å². The lowest BCUT2D eigenvalue weighted by Gasteiger charge is -2.25. The van der Waals surface area contributed by atoms with Crippen LogP contribution in [0.15, 0.2) is 0 Å². The molecule has 0 saturated carbocycles.